The normalized spacial score (nSPS) is 12.9. The van der Waals surface area contributed by atoms with Crippen LogP contribution in [0.15, 0.2) is 54.6 Å². The lowest BCUT2D eigenvalue weighted by Crippen LogP contribution is -2.39. The first-order chi connectivity index (χ1) is 11.5. The van der Waals surface area contributed by atoms with Gasteiger partial charge in [0.05, 0.1) is 6.04 Å². The zero-order chi connectivity index (χ0) is 17.5. The molecular formula is C17H17FN2O3S. The van der Waals surface area contributed by atoms with E-state index in [0.29, 0.717) is 0 Å². The number of hydrogen-bond donors (Lipinski definition) is 2. The van der Waals surface area contributed by atoms with Crippen LogP contribution in [0.25, 0.3) is 0 Å². The van der Waals surface area contributed by atoms with Crippen molar-refractivity contribution in [2.24, 2.45) is 0 Å². The molecule has 0 fully saturated rings. The van der Waals surface area contributed by atoms with Crippen molar-refractivity contribution in [2.45, 2.75) is 6.04 Å². The first-order valence-corrected chi connectivity index (χ1v) is 8.91. The first kappa shape index (κ1) is 17.8. The van der Waals surface area contributed by atoms with Crippen molar-refractivity contribution in [1.29, 1.82) is 0 Å². The number of amides is 2. The summed E-state index contributed by atoms with van der Waals surface area (Å²) in [5.41, 5.74) is 0.935. The van der Waals surface area contributed by atoms with Crippen molar-refractivity contribution in [1.82, 2.24) is 5.32 Å². The van der Waals surface area contributed by atoms with Crippen LogP contribution < -0.4 is 10.6 Å². The Bertz CT molecular complexity index is 753. The van der Waals surface area contributed by atoms with E-state index in [9.17, 15) is 18.2 Å². The fourth-order valence-corrected chi connectivity index (χ4v) is 2.86. The molecule has 0 radical (unpaired) electrons. The number of anilines is 1. The molecule has 2 rings (SSSR count). The second kappa shape index (κ2) is 8.35. The van der Waals surface area contributed by atoms with Crippen LogP contribution in [0.1, 0.15) is 11.6 Å². The van der Waals surface area contributed by atoms with Gasteiger partial charge in [-0.3, -0.25) is 13.8 Å². The Morgan fingerprint density at radius 2 is 1.79 bits per heavy atom. The van der Waals surface area contributed by atoms with E-state index in [-0.39, 0.29) is 11.4 Å². The van der Waals surface area contributed by atoms with Gasteiger partial charge in [-0.25, -0.2) is 4.39 Å². The molecule has 2 amide bonds. The van der Waals surface area contributed by atoms with E-state index in [0.717, 1.165) is 11.6 Å². The van der Waals surface area contributed by atoms with Gasteiger partial charge in [0.15, 0.2) is 0 Å². The highest BCUT2D eigenvalue weighted by molar-refractivity contribution is 7.84. The smallest absolute Gasteiger partial charge is 0.313 e. The SMILES string of the molecule is C[S@](=O)C[C@@H](NC(=O)C(=O)Nc1cccc(F)c1)c1ccccc1. The van der Waals surface area contributed by atoms with Crippen molar-refractivity contribution >= 4 is 28.3 Å². The lowest BCUT2D eigenvalue weighted by molar-refractivity contribution is -0.136. The van der Waals surface area contributed by atoms with Crippen LogP contribution in [0, 0.1) is 5.82 Å². The van der Waals surface area contributed by atoms with Crippen molar-refractivity contribution in [3.05, 3.63) is 66.0 Å². The van der Waals surface area contributed by atoms with Crippen LogP contribution >= 0.6 is 0 Å². The predicted molar refractivity (Wildman–Crippen MR) is 91.3 cm³/mol. The first-order valence-electron chi connectivity index (χ1n) is 7.18. The highest BCUT2D eigenvalue weighted by Gasteiger charge is 2.21. The van der Waals surface area contributed by atoms with Gasteiger partial charge in [0, 0.05) is 28.5 Å². The third-order valence-corrected chi connectivity index (χ3v) is 4.00. The maximum Gasteiger partial charge on any atom is 0.313 e. The number of hydrogen-bond acceptors (Lipinski definition) is 3. The molecule has 126 valence electrons. The molecule has 0 saturated carbocycles. The van der Waals surface area contributed by atoms with Gasteiger partial charge in [-0.2, -0.15) is 0 Å². The number of benzene rings is 2. The molecule has 0 aliphatic rings. The summed E-state index contributed by atoms with van der Waals surface area (Å²) >= 11 is 0. The molecule has 0 aliphatic heterocycles. The van der Waals surface area contributed by atoms with E-state index < -0.39 is 34.5 Å². The van der Waals surface area contributed by atoms with E-state index in [4.69, 9.17) is 0 Å². The lowest BCUT2D eigenvalue weighted by atomic mass is 10.1. The molecule has 2 N–H and O–H groups in total. The third-order valence-electron chi connectivity index (χ3n) is 3.20. The fourth-order valence-electron chi connectivity index (χ4n) is 2.12. The van der Waals surface area contributed by atoms with Crippen LogP contribution in [-0.2, 0) is 20.4 Å². The standard InChI is InChI=1S/C17H17FN2O3S/c1-24(23)11-15(12-6-3-2-4-7-12)20-17(22)16(21)19-14-9-5-8-13(18)10-14/h2-10,15H,11H2,1H3,(H,19,21)(H,20,22)/t15-,24+/m1/s1. The average Bonchev–Trinajstić information content (AvgIpc) is 2.54. The lowest BCUT2D eigenvalue weighted by Gasteiger charge is -2.18. The summed E-state index contributed by atoms with van der Waals surface area (Å²) in [5.74, 6) is -2.12. The van der Waals surface area contributed by atoms with E-state index >= 15 is 0 Å². The highest BCUT2D eigenvalue weighted by atomic mass is 32.2. The number of carbonyl (C=O) groups is 2. The minimum Gasteiger partial charge on any atom is -0.340 e. The Morgan fingerprint density at radius 3 is 2.42 bits per heavy atom. The van der Waals surface area contributed by atoms with Gasteiger partial charge in [0.25, 0.3) is 0 Å². The molecule has 2 aromatic carbocycles. The second-order valence-electron chi connectivity index (χ2n) is 5.14. The minimum absolute atomic E-state index is 0.184. The summed E-state index contributed by atoms with van der Waals surface area (Å²) in [4.78, 5) is 24.0. The predicted octanol–water partition coefficient (Wildman–Crippen LogP) is 2.00. The molecule has 0 spiro atoms. The summed E-state index contributed by atoms with van der Waals surface area (Å²) in [6.07, 6.45) is 1.52. The van der Waals surface area contributed by atoms with Crippen molar-refractivity contribution < 1.29 is 18.2 Å². The number of halogens is 1. The zero-order valence-electron chi connectivity index (χ0n) is 13.0. The molecule has 2 atom stereocenters. The maximum absolute atomic E-state index is 13.1. The summed E-state index contributed by atoms with van der Waals surface area (Å²) < 4.78 is 24.6. The second-order valence-corrected chi connectivity index (χ2v) is 6.62. The molecule has 0 bridgehead atoms. The van der Waals surface area contributed by atoms with Crippen LogP contribution in [0.3, 0.4) is 0 Å². The maximum atomic E-state index is 13.1. The van der Waals surface area contributed by atoms with Crippen molar-refractivity contribution in [3.63, 3.8) is 0 Å². The monoisotopic (exact) mass is 348 g/mol. The van der Waals surface area contributed by atoms with E-state index in [2.05, 4.69) is 10.6 Å². The minimum atomic E-state index is -1.16. The van der Waals surface area contributed by atoms with Gasteiger partial charge in [-0.15, -0.1) is 0 Å². The molecule has 0 heterocycles. The fraction of sp³-hybridized carbons (Fsp3) is 0.176. The van der Waals surface area contributed by atoms with Gasteiger partial charge in [-0.05, 0) is 23.8 Å². The average molecular weight is 348 g/mol. The van der Waals surface area contributed by atoms with Gasteiger partial charge >= 0.3 is 11.8 Å². The highest BCUT2D eigenvalue weighted by Crippen LogP contribution is 2.14. The summed E-state index contributed by atoms with van der Waals surface area (Å²) in [7, 11) is -1.16. The third kappa shape index (κ3) is 5.27. The van der Waals surface area contributed by atoms with E-state index in [1.807, 2.05) is 6.07 Å². The molecule has 24 heavy (non-hydrogen) atoms. The Hall–Kier alpha value is -2.54. The zero-order valence-corrected chi connectivity index (χ0v) is 13.8. The van der Waals surface area contributed by atoms with Gasteiger partial charge < -0.3 is 10.6 Å². The van der Waals surface area contributed by atoms with Crippen LogP contribution in [0.4, 0.5) is 10.1 Å². The molecular weight excluding hydrogens is 331 g/mol. The van der Waals surface area contributed by atoms with E-state index in [1.165, 1.54) is 24.5 Å². The van der Waals surface area contributed by atoms with Crippen molar-refractivity contribution in [2.75, 3.05) is 17.3 Å². The Balaban J connectivity index is 2.06. The Morgan fingerprint density at radius 1 is 1.08 bits per heavy atom. The van der Waals surface area contributed by atoms with Gasteiger partial charge in [0.1, 0.15) is 5.82 Å². The summed E-state index contributed by atoms with van der Waals surface area (Å²) in [5, 5.41) is 4.89. The Kier molecular flexibility index (Phi) is 6.20. The number of carbonyl (C=O) groups excluding carboxylic acids is 2. The largest absolute Gasteiger partial charge is 0.340 e. The van der Waals surface area contributed by atoms with Gasteiger partial charge in [0.2, 0.25) is 0 Å². The quantitative estimate of drug-likeness (QED) is 0.812. The molecule has 0 aromatic heterocycles. The van der Waals surface area contributed by atoms with Crippen LogP contribution in [0.2, 0.25) is 0 Å². The molecule has 2 aromatic rings. The number of rotatable bonds is 5. The van der Waals surface area contributed by atoms with Crippen molar-refractivity contribution in [3.8, 4) is 0 Å². The summed E-state index contributed by atoms with van der Waals surface area (Å²) in [6.45, 7) is 0. The van der Waals surface area contributed by atoms with Gasteiger partial charge in [-0.1, -0.05) is 36.4 Å². The molecule has 7 heteroatoms. The summed E-state index contributed by atoms with van der Waals surface area (Å²) in [6, 6.07) is 13.7. The molecule has 0 aliphatic carbocycles. The molecule has 5 nitrogen and oxygen atoms in total. The molecule has 0 unspecified atom stereocenters. The Labute approximate surface area is 141 Å². The van der Waals surface area contributed by atoms with Crippen LogP contribution in [0.5, 0.6) is 0 Å². The van der Waals surface area contributed by atoms with E-state index in [1.54, 1.807) is 24.3 Å². The van der Waals surface area contributed by atoms with Crippen LogP contribution in [-0.4, -0.2) is 28.0 Å². The molecule has 0 saturated heterocycles. The number of nitrogens with one attached hydrogen (secondary N) is 2. The topological polar surface area (TPSA) is 75.3 Å².